The molecule has 0 radical (unpaired) electrons. The molecule has 0 saturated heterocycles. The van der Waals surface area contributed by atoms with E-state index >= 15 is 0 Å². The van der Waals surface area contributed by atoms with E-state index in [4.69, 9.17) is 5.73 Å². The zero-order valence-corrected chi connectivity index (χ0v) is 15.6. The fourth-order valence-electron chi connectivity index (χ4n) is 1.75. The van der Waals surface area contributed by atoms with Gasteiger partial charge in [0.05, 0.1) is 6.54 Å². The molecule has 1 rings (SSSR count). The molecule has 0 atom stereocenters. The van der Waals surface area contributed by atoms with E-state index in [1.54, 1.807) is 0 Å². The Bertz CT molecular complexity index is 452. The Morgan fingerprint density at radius 3 is 2.43 bits per heavy atom. The third kappa shape index (κ3) is 8.60. The lowest BCUT2D eigenvalue weighted by molar-refractivity contribution is 0.767. The number of nitrogens with one attached hydrogen (secondary N) is 1. The highest BCUT2D eigenvalue weighted by atomic mass is 127. The van der Waals surface area contributed by atoms with Crippen LogP contribution >= 0.6 is 24.0 Å². The minimum atomic E-state index is 0. The Hall–Kier alpha value is -1.24. The molecule has 0 saturated carbocycles. The summed E-state index contributed by atoms with van der Waals surface area (Å²) in [6.07, 6.45) is 2.07. The van der Waals surface area contributed by atoms with Crippen LogP contribution in [0.25, 0.3) is 0 Å². The summed E-state index contributed by atoms with van der Waals surface area (Å²) in [4.78, 5) is 6.28. The van der Waals surface area contributed by atoms with Gasteiger partial charge in [0.15, 0.2) is 5.96 Å². The van der Waals surface area contributed by atoms with Crippen LogP contribution in [0.1, 0.15) is 18.9 Å². The summed E-state index contributed by atoms with van der Waals surface area (Å²) < 4.78 is 0. The minimum Gasteiger partial charge on any atom is -0.378 e. The maximum Gasteiger partial charge on any atom is 0.188 e. The number of rotatable bonds is 7. The average molecular weight is 402 g/mol. The van der Waals surface area contributed by atoms with Gasteiger partial charge in [-0.25, -0.2) is 4.99 Å². The van der Waals surface area contributed by atoms with E-state index in [0.29, 0.717) is 12.5 Å². The van der Waals surface area contributed by atoms with E-state index in [1.165, 1.54) is 11.3 Å². The first-order valence-electron chi connectivity index (χ1n) is 6.93. The van der Waals surface area contributed by atoms with Gasteiger partial charge >= 0.3 is 0 Å². The maximum atomic E-state index is 5.75. The molecule has 0 fully saturated rings. The molecule has 118 valence electrons. The first-order valence-corrected chi connectivity index (χ1v) is 6.93. The quantitative estimate of drug-likeness (QED) is 0.243. The van der Waals surface area contributed by atoms with Gasteiger partial charge in [0.2, 0.25) is 0 Å². The first-order chi connectivity index (χ1) is 9.49. The van der Waals surface area contributed by atoms with Gasteiger partial charge in [0.25, 0.3) is 0 Å². The van der Waals surface area contributed by atoms with Crippen molar-refractivity contribution in [2.24, 2.45) is 10.7 Å². The standard InChI is InChI=1S/C16H26N4.HI/c1-13(2)12-19-16(17)18-11-5-6-14-7-9-15(10-8-14)20(3)4;/h7-10H,1,5-6,11-12H2,2-4H3,(H3,17,18,19);1H. The number of aliphatic imine (C=N–C) groups is 1. The third-order valence-electron chi connectivity index (χ3n) is 2.92. The normalized spacial score (nSPS) is 10.7. The Balaban J connectivity index is 0.00000400. The van der Waals surface area contributed by atoms with Gasteiger partial charge in [-0.15, -0.1) is 24.0 Å². The topological polar surface area (TPSA) is 53.6 Å². The van der Waals surface area contributed by atoms with E-state index < -0.39 is 0 Å². The molecule has 1 aromatic carbocycles. The molecular formula is C16H27IN4. The summed E-state index contributed by atoms with van der Waals surface area (Å²) in [6, 6.07) is 8.64. The van der Waals surface area contributed by atoms with Crippen molar-refractivity contribution in [1.82, 2.24) is 5.32 Å². The number of nitrogens with two attached hydrogens (primary N) is 1. The van der Waals surface area contributed by atoms with Gasteiger partial charge in [-0.2, -0.15) is 0 Å². The average Bonchev–Trinajstić information content (AvgIpc) is 2.42. The van der Waals surface area contributed by atoms with Crippen molar-refractivity contribution < 1.29 is 0 Å². The van der Waals surface area contributed by atoms with Crippen molar-refractivity contribution in [1.29, 1.82) is 0 Å². The van der Waals surface area contributed by atoms with E-state index in [1.807, 2.05) is 21.0 Å². The maximum absolute atomic E-state index is 5.75. The second-order valence-electron chi connectivity index (χ2n) is 5.25. The van der Waals surface area contributed by atoms with Crippen LogP contribution in [0, 0.1) is 0 Å². The molecule has 3 N–H and O–H groups in total. The summed E-state index contributed by atoms with van der Waals surface area (Å²) in [5.41, 5.74) is 9.32. The largest absolute Gasteiger partial charge is 0.378 e. The van der Waals surface area contributed by atoms with E-state index in [-0.39, 0.29) is 24.0 Å². The number of hydrogen-bond acceptors (Lipinski definition) is 2. The van der Waals surface area contributed by atoms with Crippen LogP contribution in [-0.4, -0.2) is 33.1 Å². The van der Waals surface area contributed by atoms with Crippen molar-refractivity contribution in [2.45, 2.75) is 19.8 Å². The molecule has 0 aliphatic carbocycles. The van der Waals surface area contributed by atoms with Crippen molar-refractivity contribution >= 4 is 35.6 Å². The van der Waals surface area contributed by atoms with Crippen molar-refractivity contribution in [2.75, 3.05) is 32.1 Å². The highest BCUT2D eigenvalue weighted by Crippen LogP contribution is 2.13. The Morgan fingerprint density at radius 1 is 1.29 bits per heavy atom. The molecule has 1 aromatic rings. The molecule has 4 nitrogen and oxygen atoms in total. The number of anilines is 1. The number of benzene rings is 1. The lowest BCUT2D eigenvalue weighted by atomic mass is 10.1. The van der Waals surface area contributed by atoms with Crippen LogP contribution < -0.4 is 16.0 Å². The molecule has 21 heavy (non-hydrogen) atoms. The van der Waals surface area contributed by atoms with Crippen molar-refractivity contribution in [3.05, 3.63) is 42.0 Å². The zero-order valence-electron chi connectivity index (χ0n) is 13.2. The highest BCUT2D eigenvalue weighted by molar-refractivity contribution is 14.0. The lowest BCUT2D eigenvalue weighted by Gasteiger charge is -2.12. The summed E-state index contributed by atoms with van der Waals surface area (Å²) in [5, 5.41) is 3.12. The van der Waals surface area contributed by atoms with Crippen LogP contribution in [0.4, 0.5) is 5.69 Å². The smallest absolute Gasteiger partial charge is 0.188 e. The molecular weight excluding hydrogens is 375 g/mol. The lowest BCUT2D eigenvalue weighted by Crippen LogP contribution is -2.32. The Labute approximate surface area is 145 Å². The summed E-state index contributed by atoms with van der Waals surface area (Å²) in [7, 11) is 4.10. The van der Waals surface area contributed by atoms with Gasteiger partial charge < -0.3 is 16.0 Å². The molecule has 5 heteroatoms. The van der Waals surface area contributed by atoms with E-state index in [0.717, 1.165) is 25.0 Å². The molecule has 0 aliphatic heterocycles. The predicted octanol–water partition coefficient (Wildman–Crippen LogP) is 2.78. The Morgan fingerprint density at radius 2 is 1.90 bits per heavy atom. The highest BCUT2D eigenvalue weighted by Gasteiger charge is 1.97. The first kappa shape index (κ1) is 19.8. The van der Waals surface area contributed by atoms with Gasteiger partial charge in [-0.1, -0.05) is 24.3 Å². The summed E-state index contributed by atoms with van der Waals surface area (Å²) in [5.74, 6) is 0.496. The molecule has 0 heterocycles. The number of halogens is 1. The fourth-order valence-corrected chi connectivity index (χ4v) is 1.75. The van der Waals surface area contributed by atoms with Crippen LogP contribution in [0.2, 0.25) is 0 Å². The Kier molecular flexibility index (Phi) is 9.86. The molecule has 0 aromatic heterocycles. The van der Waals surface area contributed by atoms with Crippen LogP contribution in [-0.2, 0) is 6.42 Å². The number of hydrogen-bond donors (Lipinski definition) is 2. The number of aryl methyl sites for hydroxylation is 1. The summed E-state index contributed by atoms with van der Waals surface area (Å²) >= 11 is 0. The fraction of sp³-hybridized carbons (Fsp3) is 0.438. The second kappa shape index (κ2) is 10.5. The molecule has 0 spiro atoms. The van der Waals surface area contributed by atoms with Crippen LogP contribution in [0.3, 0.4) is 0 Å². The summed E-state index contributed by atoms with van der Waals surface area (Å²) in [6.45, 7) is 7.15. The molecule has 0 unspecified atom stereocenters. The van der Waals surface area contributed by atoms with Crippen LogP contribution in [0.15, 0.2) is 41.4 Å². The molecule has 0 bridgehead atoms. The number of nitrogens with zero attached hydrogens (tertiary/aromatic N) is 2. The van der Waals surface area contributed by atoms with Gasteiger partial charge in [0.1, 0.15) is 0 Å². The van der Waals surface area contributed by atoms with Gasteiger partial charge in [-0.3, -0.25) is 0 Å². The van der Waals surface area contributed by atoms with Gasteiger partial charge in [0, 0.05) is 26.3 Å². The van der Waals surface area contributed by atoms with E-state index in [9.17, 15) is 0 Å². The van der Waals surface area contributed by atoms with Crippen molar-refractivity contribution in [3.63, 3.8) is 0 Å². The third-order valence-corrected chi connectivity index (χ3v) is 2.92. The van der Waals surface area contributed by atoms with Crippen LogP contribution in [0.5, 0.6) is 0 Å². The molecule has 0 aliphatic rings. The minimum absolute atomic E-state index is 0. The number of guanidine groups is 1. The molecule has 0 amide bonds. The SMILES string of the molecule is C=C(C)CN=C(N)NCCCc1ccc(N(C)C)cc1.I. The second-order valence-corrected chi connectivity index (χ2v) is 5.25. The van der Waals surface area contributed by atoms with Crippen molar-refractivity contribution in [3.8, 4) is 0 Å². The van der Waals surface area contributed by atoms with Gasteiger partial charge in [-0.05, 0) is 37.5 Å². The zero-order chi connectivity index (χ0) is 15.0. The monoisotopic (exact) mass is 402 g/mol. The predicted molar refractivity (Wildman–Crippen MR) is 104 cm³/mol. The van der Waals surface area contributed by atoms with E-state index in [2.05, 4.69) is 46.1 Å².